The van der Waals surface area contributed by atoms with Gasteiger partial charge in [0, 0.05) is 38.8 Å². The fourth-order valence-corrected chi connectivity index (χ4v) is 2.79. The smallest absolute Gasteiger partial charge is 0.211 e. The lowest BCUT2D eigenvalue weighted by molar-refractivity contribution is 0.166. The first-order chi connectivity index (χ1) is 8.49. The Labute approximate surface area is 107 Å². The van der Waals surface area contributed by atoms with Crippen molar-refractivity contribution in [1.29, 1.82) is 0 Å². The van der Waals surface area contributed by atoms with Gasteiger partial charge in [-0.1, -0.05) is 5.16 Å². The molecule has 0 radical (unpaired) electrons. The van der Waals surface area contributed by atoms with E-state index in [9.17, 15) is 8.42 Å². The summed E-state index contributed by atoms with van der Waals surface area (Å²) >= 11 is 0. The van der Waals surface area contributed by atoms with Crippen LogP contribution >= 0.6 is 0 Å². The maximum atomic E-state index is 11.4. The van der Waals surface area contributed by atoms with Crippen molar-refractivity contribution in [2.24, 2.45) is 5.73 Å². The Bertz CT molecular complexity index is 491. The quantitative estimate of drug-likeness (QED) is 0.773. The Morgan fingerprint density at radius 3 is 2.56 bits per heavy atom. The Kier molecular flexibility index (Phi) is 4.00. The highest BCUT2D eigenvalue weighted by atomic mass is 32.2. The van der Waals surface area contributed by atoms with Crippen LogP contribution in [-0.2, 0) is 23.1 Å². The summed E-state index contributed by atoms with van der Waals surface area (Å²) in [5.74, 6) is 0.767. The zero-order valence-electron chi connectivity index (χ0n) is 10.4. The van der Waals surface area contributed by atoms with E-state index in [0.717, 1.165) is 11.5 Å². The monoisotopic (exact) mass is 274 g/mol. The fourth-order valence-electron chi connectivity index (χ4n) is 1.97. The lowest BCUT2D eigenvalue weighted by Crippen LogP contribution is -2.47. The van der Waals surface area contributed by atoms with E-state index in [1.807, 2.05) is 6.07 Å². The normalized spacial score (nSPS) is 19.2. The lowest BCUT2D eigenvalue weighted by Gasteiger charge is -2.32. The molecule has 1 aliphatic rings. The number of hydrogen-bond donors (Lipinski definition) is 1. The first kappa shape index (κ1) is 13.5. The third-order valence-corrected chi connectivity index (χ3v) is 4.30. The molecule has 1 saturated heterocycles. The van der Waals surface area contributed by atoms with E-state index in [4.69, 9.17) is 10.3 Å². The third-order valence-electron chi connectivity index (χ3n) is 3.00. The molecule has 2 heterocycles. The fraction of sp³-hybridized carbons (Fsp3) is 0.700. The molecule has 1 aliphatic heterocycles. The topological polar surface area (TPSA) is 92.7 Å². The molecule has 8 heteroatoms. The Morgan fingerprint density at radius 1 is 1.39 bits per heavy atom. The van der Waals surface area contributed by atoms with Crippen molar-refractivity contribution in [2.75, 3.05) is 32.4 Å². The molecule has 2 rings (SSSR count). The molecule has 0 atom stereocenters. The van der Waals surface area contributed by atoms with Crippen LogP contribution in [0, 0.1) is 0 Å². The zero-order valence-corrected chi connectivity index (χ0v) is 11.2. The molecular weight excluding hydrogens is 256 g/mol. The van der Waals surface area contributed by atoms with Crippen LogP contribution in [0.2, 0.25) is 0 Å². The van der Waals surface area contributed by atoms with Crippen molar-refractivity contribution in [3.8, 4) is 0 Å². The van der Waals surface area contributed by atoms with Gasteiger partial charge < -0.3 is 10.3 Å². The van der Waals surface area contributed by atoms with Crippen LogP contribution in [0.4, 0.5) is 0 Å². The van der Waals surface area contributed by atoms with Gasteiger partial charge in [-0.05, 0) is 0 Å². The molecule has 0 amide bonds. The summed E-state index contributed by atoms with van der Waals surface area (Å²) in [5.41, 5.74) is 6.19. The van der Waals surface area contributed by atoms with Gasteiger partial charge in [-0.15, -0.1) is 0 Å². The molecule has 7 nitrogen and oxygen atoms in total. The van der Waals surface area contributed by atoms with Crippen LogP contribution in [0.15, 0.2) is 10.6 Å². The van der Waals surface area contributed by atoms with Gasteiger partial charge in [-0.25, -0.2) is 8.42 Å². The minimum atomic E-state index is -3.07. The molecule has 1 aromatic rings. The van der Waals surface area contributed by atoms with Crippen molar-refractivity contribution in [3.05, 3.63) is 17.5 Å². The standard InChI is InChI=1S/C10H18N4O3S/c1-18(15,16)14-4-2-13(3-5-14)8-10-6-9(7-11)12-17-10/h6H,2-5,7-8,11H2,1H3. The number of rotatable bonds is 4. The van der Waals surface area contributed by atoms with E-state index < -0.39 is 10.0 Å². The average Bonchev–Trinajstić information content (AvgIpc) is 2.76. The van der Waals surface area contributed by atoms with Crippen molar-refractivity contribution >= 4 is 10.0 Å². The summed E-state index contributed by atoms with van der Waals surface area (Å²) in [6, 6.07) is 1.84. The van der Waals surface area contributed by atoms with Crippen LogP contribution in [0.1, 0.15) is 11.5 Å². The van der Waals surface area contributed by atoms with Gasteiger partial charge in [0.25, 0.3) is 0 Å². The molecule has 0 aliphatic carbocycles. The van der Waals surface area contributed by atoms with Crippen LogP contribution < -0.4 is 5.73 Å². The first-order valence-electron chi connectivity index (χ1n) is 5.81. The Balaban J connectivity index is 1.87. The maximum Gasteiger partial charge on any atom is 0.211 e. The van der Waals surface area contributed by atoms with Crippen LogP contribution in [0.3, 0.4) is 0 Å². The molecule has 1 aromatic heterocycles. The van der Waals surface area contributed by atoms with Crippen LogP contribution in [0.25, 0.3) is 0 Å². The van der Waals surface area contributed by atoms with Gasteiger partial charge in [-0.2, -0.15) is 4.31 Å². The predicted molar refractivity (Wildman–Crippen MR) is 66.1 cm³/mol. The molecule has 18 heavy (non-hydrogen) atoms. The van der Waals surface area contributed by atoms with Gasteiger partial charge in [0.2, 0.25) is 10.0 Å². The molecule has 0 aromatic carbocycles. The Morgan fingerprint density at radius 2 is 2.06 bits per heavy atom. The summed E-state index contributed by atoms with van der Waals surface area (Å²) in [6.45, 7) is 3.46. The lowest BCUT2D eigenvalue weighted by atomic mass is 10.3. The summed E-state index contributed by atoms with van der Waals surface area (Å²) in [7, 11) is -3.07. The van der Waals surface area contributed by atoms with Gasteiger partial charge in [0.15, 0.2) is 5.76 Å². The summed E-state index contributed by atoms with van der Waals surface area (Å²) in [6.07, 6.45) is 1.24. The van der Waals surface area contributed by atoms with E-state index >= 15 is 0 Å². The summed E-state index contributed by atoms with van der Waals surface area (Å²) < 4.78 is 29.4. The third kappa shape index (κ3) is 3.29. The van der Waals surface area contributed by atoms with Crippen molar-refractivity contribution in [2.45, 2.75) is 13.1 Å². The van der Waals surface area contributed by atoms with Gasteiger partial charge in [0.05, 0.1) is 18.5 Å². The van der Waals surface area contributed by atoms with Gasteiger partial charge in [0.1, 0.15) is 0 Å². The van der Waals surface area contributed by atoms with E-state index in [0.29, 0.717) is 39.3 Å². The van der Waals surface area contributed by atoms with Crippen molar-refractivity contribution in [3.63, 3.8) is 0 Å². The minimum absolute atomic E-state index is 0.366. The second-order valence-electron chi connectivity index (χ2n) is 4.43. The molecule has 1 fully saturated rings. The number of nitrogens with zero attached hydrogens (tertiary/aromatic N) is 3. The van der Waals surface area contributed by atoms with E-state index in [1.165, 1.54) is 10.6 Å². The minimum Gasteiger partial charge on any atom is -0.360 e. The number of sulfonamides is 1. The molecular formula is C10H18N4O3S. The average molecular weight is 274 g/mol. The highest BCUT2D eigenvalue weighted by Crippen LogP contribution is 2.11. The molecule has 0 bridgehead atoms. The number of piperazine rings is 1. The SMILES string of the molecule is CS(=O)(=O)N1CCN(Cc2cc(CN)no2)CC1. The van der Waals surface area contributed by atoms with E-state index in [-0.39, 0.29) is 0 Å². The van der Waals surface area contributed by atoms with Gasteiger partial charge >= 0.3 is 0 Å². The second kappa shape index (κ2) is 5.35. The highest BCUT2D eigenvalue weighted by Gasteiger charge is 2.23. The van der Waals surface area contributed by atoms with Crippen molar-refractivity contribution in [1.82, 2.24) is 14.4 Å². The van der Waals surface area contributed by atoms with Crippen LogP contribution in [0.5, 0.6) is 0 Å². The highest BCUT2D eigenvalue weighted by molar-refractivity contribution is 7.88. The summed E-state index contributed by atoms with van der Waals surface area (Å²) in [5, 5.41) is 3.82. The molecule has 0 spiro atoms. The summed E-state index contributed by atoms with van der Waals surface area (Å²) in [4.78, 5) is 2.14. The van der Waals surface area contributed by atoms with Crippen LogP contribution in [-0.4, -0.2) is 55.2 Å². The maximum absolute atomic E-state index is 11.4. The molecule has 0 saturated carbocycles. The van der Waals surface area contributed by atoms with Crippen molar-refractivity contribution < 1.29 is 12.9 Å². The number of aromatic nitrogens is 1. The first-order valence-corrected chi connectivity index (χ1v) is 7.66. The molecule has 102 valence electrons. The van der Waals surface area contributed by atoms with Gasteiger partial charge in [-0.3, -0.25) is 4.90 Å². The molecule has 2 N–H and O–H groups in total. The Hall–Kier alpha value is -0.960. The molecule has 0 unspecified atom stereocenters. The zero-order chi connectivity index (χ0) is 13.2. The van der Waals surface area contributed by atoms with E-state index in [2.05, 4.69) is 10.1 Å². The number of hydrogen-bond acceptors (Lipinski definition) is 6. The van der Waals surface area contributed by atoms with E-state index in [1.54, 1.807) is 0 Å². The number of nitrogens with two attached hydrogens (primary N) is 1. The largest absolute Gasteiger partial charge is 0.360 e. The predicted octanol–water partition coefficient (Wildman–Crippen LogP) is -0.789. The second-order valence-corrected chi connectivity index (χ2v) is 6.41.